The number of nitrogens with zero attached hydrogens (tertiary/aromatic N) is 1. The monoisotopic (exact) mass is 697 g/mol. The highest BCUT2D eigenvalue weighted by atomic mass is 15.1. The molecule has 54 heavy (non-hydrogen) atoms. The molecule has 9 rings (SSSR count). The predicted molar refractivity (Wildman–Crippen MR) is 231 cm³/mol. The first-order valence-corrected chi connectivity index (χ1v) is 19.4. The van der Waals surface area contributed by atoms with E-state index in [0.29, 0.717) is 0 Å². The number of anilines is 3. The van der Waals surface area contributed by atoms with Crippen molar-refractivity contribution in [2.45, 2.75) is 45.4 Å². The molecule has 0 unspecified atom stereocenters. The predicted octanol–water partition coefficient (Wildman–Crippen LogP) is 14.7. The van der Waals surface area contributed by atoms with Crippen LogP contribution in [0.2, 0.25) is 0 Å². The summed E-state index contributed by atoms with van der Waals surface area (Å²) in [5.41, 5.74) is 17.3. The smallest absolute Gasteiger partial charge is 0.0677 e. The Hall–Kier alpha value is -6.18. The molecule has 2 aliphatic rings. The summed E-state index contributed by atoms with van der Waals surface area (Å²) in [6.07, 6.45) is 8.05. The fraction of sp³-hybridized carbons (Fsp3) is 0.132. The molecule has 1 nitrogen and oxygen atoms in total. The zero-order valence-electron chi connectivity index (χ0n) is 31.5. The van der Waals surface area contributed by atoms with Gasteiger partial charge in [0.15, 0.2) is 0 Å². The molecule has 0 radical (unpaired) electrons. The zero-order valence-corrected chi connectivity index (χ0v) is 31.5. The molecule has 264 valence electrons. The SMILES string of the molecule is CCC.Cc1ccc(-c2ccc(N(c3ccc(-c4ccccc4)cc3)c3ccc4c(c3)C(c3ccccc3)(c3ccccc3)C3=C4C=CCC3)cc2)cc1. The van der Waals surface area contributed by atoms with Crippen molar-refractivity contribution in [3.05, 3.63) is 228 Å². The van der Waals surface area contributed by atoms with E-state index in [1.807, 2.05) is 0 Å². The van der Waals surface area contributed by atoms with E-state index in [9.17, 15) is 0 Å². The van der Waals surface area contributed by atoms with Gasteiger partial charge < -0.3 is 4.90 Å². The Morgan fingerprint density at radius 3 is 1.46 bits per heavy atom. The summed E-state index contributed by atoms with van der Waals surface area (Å²) in [5, 5.41) is 0. The van der Waals surface area contributed by atoms with E-state index in [-0.39, 0.29) is 5.41 Å². The summed E-state index contributed by atoms with van der Waals surface area (Å²) in [6.45, 7) is 6.39. The number of aryl methyl sites for hydroxylation is 1. The van der Waals surface area contributed by atoms with Crippen LogP contribution in [0.4, 0.5) is 17.1 Å². The zero-order chi connectivity index (χ0) is 36.9. The summed E-state index contributed by atoms with van der Waals surface area (Å²) in [6, 6.07) is 66.9. The first kappa shape index (κ1) is 34.9. The third-order valence-electron chi connectivity index (χ3n) is 10.7. The molecule has 2 aliphatic carbocycles. The number of hydrogen-bond donors (Lipinski definition) is 0. The van der Waals surface area contributed by atoms with Crippen molar-refractivity contribution in [2.24, 2.45) is 0 Å². The van der Waals surface area contributed by atoms with Crippen LogP contribution < -0.4 is 4.90 Å². The minimum atomic E-state index is -0.383. The van der Waals surface area contributed by atoms with E-state index in [0.717, 1.165) is 29.9 Å². The molecule has 7 aromatic rings. The molecule has 0 spiro atoms. The maximum absolute atomic E-state index is 2.47. The number of rotatable bonds is 7. The van der Waals surface area contributed by atoms with Crippen LogP contribution >= 0.6 is 0 Å². The molecule has 1 heteroatoms. The molecule has 7 aromatic carbocycles. The lowest BCUT2D eigenvalue weighted by Gasteiger charge is -2.37. The van der Waals surface area contributed by atoms with Gasteiger partial charge in [-0.25, -0.2) is 0 Å². The highest BCUT2D eigenvalue weighted by Crippen LogP contribution is 2.58. The van der Waals surface area contributed by atoms with Gasteiger partial charge in [-0.3, -0.25) is 0 Å². The van der Waals surface area contributed by atoms with Crippen LogP contribution in [0.15, 0.2) is 200 Å². The number of allylic oxidation sites excluding steroid dienone is 4. The second kappa shape index (κ2) is 15.4. The highest BCUT2D eigenvalue weighted by molar-refractivity contribution is 5.93. The summed E-state index contributed by atoms with van der Waals surface area (Å²) in [5.74, 6) is 0. The molecule has 0 fully saturated rings. The van der Waals surface area contributed by atoms with Gasteiger partial charge in [-0.1, -0.05) is 184 Å². The summed E-state index contributed by atoms with van der Waals surface area (Å²) < 4.78 is 0. The van der Waals surface area contributed by atoms with E-state index in [1.165, 1.54) is 67.6 Å². The minimum Gasteiger partial charge on any atom is -0.310 e. The minimum absolute atomic E-state index is 0.383. The number of fused-ring (bicyclic) bond motifs is 2. The topological polar surface area (TPSA) is 3.24 Å². The Labute approximate surface area is 321 Å². The molecule has 0 saturated heterocycles. The first-order valence-electron chi connectivity index (χ1n) is 19.4. The first-order chi connectivity index (χ1) is 26.6. The van der Waals surface area contributed by atoms with Gasteiger partial charge in [0.25, 0.3) is 0 Å². The maximum Gasteiger partial charge on any atom is 0.0677 e. The maximum atomic E-state index is 2.47. The second-order valence-electron chi connectivity index (χ2n) is 14.4. The van der Waals surface area contributed by atoms with Gasteiger partial charge in [0, 0.05) is 17.1 Å². The van der Waals surface area contributed by atoms with Gasteiger partial charge in [-0.05, 0) is 112 Å². The van der Waals surface area contributed by atoms with Crippen molar-refractivity contribution in [3.63, 3.8) is 0 Å². The van der Waals surface area contributed by atoms with Crippen molar-refractivity contribution in [1.29, 1.82) is 0 Å². The van der Waals surface area contributed by atoms with Crippen molar-refractivity contribution >= 4 is 22.6 Å². The Balaban J connectivity index is 0.00000134. The molecular weight excluding hydrogens is 651 g/mol. The molecule has 0 heterocycles. The van der Waals surface area contributed by atoms with Gasteiger partial charge in [-0.2, -0.15) is 0 Å². The lowest BCUT2D eigenvalue weighted by Crippen LogP contribution is -2.30. The Bertz CT molecular complexity index is 2340. The third-order valence-corrected chi connectivity index (χ3v) is 10.7. The Morgan fingerprint density at radius 2 is 0.944 bits per heavy atom. The van der Waals surface area contributed by atoms with Crippen molar-refractivity contribution in [2.75, 3.05) is 4.90 Å². The molecule has 0 atom stereocenters. The fourth-order valence-electron chi connectivity index (χ4n) is 8.32. The average molecular weight is 698 g/mol. The third kappa shape index (κ3) is 6.41. The van der Waals surface area contributed by atoms with Crippen molar-refractivity contribution in [1.82, 2.24) is 0 Å². The lowest BCUT2D eigenvalue weighted by molar-refractivity contribution is 0.696. The fourth-order valence-corrected chi connectivity index (χ4v) is 8.32. The van der Waals surface area contributed by atoms with Crippen LogP contribution in [0, 0.1) is 6.92 Å². The molecule has 0 amide bonds. The van der Waals surface area contributed by atoms with Crippen LogP contribution in [0.25, 0.3) is 27.8 Å². The Morgan fingerprint density at radius 1 is 0.500 bits per heavy atom. The standard InChI is InChI=1S/C50H39N.C3H8/c1-36-21-23-38(24-22-36)40-27-31-44(32-28-40)51(43-29-25-39(26-30-43)37-13-5-2-6-14-37)45-33-34-47-46-19-11-12-20-48(46)50(49(47)35-45,41-15-7-3-8-16-41)42-17-9-4-10-18-42;1-3-2/h2-11,13-19,21-35H,12,20H2,1H3;3H2,1-2H3. The lowest BCUT2D eigenvalue weighted by atomic mass is 9.65. The van der Waals surface area contributed by atoms with Gasteiger partial charge in [-0.15, -0.1) is 0 Å². The summed E-state index contributed by atoms with van der Waals surface area (Å²) in [4.78, 5) is 2.42. The summed E-state index contributed by atoms with van der Waals surface area (Å²) in [7, 11) is 0. The van der Waals surface area contributed by atoms with Crippen LogP contribution in [-0.4, -0.2) is 0 Å². The van der Waals surface area contributed by atoms with E-state index < -0.39 is 0 Å². The van der Waals surface area contributed by atoms with E-state index in [4.69, 9.17) is 0 Å². The molecule has 0 saturated carbocycles. The number of benzene rings is 7. The highest BCUT2D eigenvalue weighted by Gasteiger charge is 2.47. The molecule has 0 bridgehead atoms. The molecule has 0 aromatic heterocycles. The van der Waals surface area contributed by atoms with Gasteiger partial charge in [0.1, 0.15) is 0 Å². The van der Waals surface area contributed by atoms with Crippen LogP contribution in [0.1, 0.15) is 60.9 Å². The molecule has 0 aliphatic heterocycles. The largest absolute Gasteiger partial charge is 0.310 e. The average Bonchev–Trinajstić information content (AvgIpc) is 3.53. The summed E-state index contributed by atoms with van der Waals surface area (Å²) >= 11 is 0. The van der Waals surface area contributed by atoms with Gasteiger partial charge in [0.2, 0.25) is 0 Å². The van der Waals surface area contributed by atoms with Crippen LogP contribution in [0.5, 0.6) is 0 Å². The molecular formula is C53H47N. The van der Waals surface area contributed by atoms with Crippen molar-refractivity contribution < 1.29 is 0 Å². The van der Waals surface area contributed by atoms with E-state index >= 15 is 0 Å². The van der Waals surface area contributed by atoms with Gasteiger partial charge >= 0.3 is 0 Å². The quantitative estimate of drug-likeness (QED) is 0.160. The molecule has 0 N–H and O–H groups in total. The van der Waals surface area contributed by atoms with Gasteiger partial charge in [0.05, 0.1) is 5.41 Å². The van der Waals surface area contributed by atoms with E-state index in [1.54, 1.807) is 0 Å². The second-order valence-corrected chi connectivity index (χ2v) is 14.4. The van der Waals surface area contributed by atoms with Crippen LogP contribution in [0.3, 0.4) is 0 Å². The van der Waals surface area contributed by atoms with E-state index in [2.05, 4.69) is 220 Å². The Kier molecular flexibility index (Phi) is 9.97. The number of hydrogen-bond acceptors (Lipinski definition) is 1. The normalized spacial score (nSPS) is 13.8. The van der Waals surface area contributed by atoms with Crippen molar-refractivity contribution in [3.8, 4) is 22.3 Å². The van der Waals surface area contributed by atoms with Crippen LogP contribution in [-0.2, 0) is 5.41 Å².